The lowest BCUT2D eigenvalue weighted by molar-refractivity contribution is -0.870. The first kappa shape index (κ1) is 53.5. The predicted molar refractivity (Wildman–Crippen MR) is 233 cm³/mol. The van der Waals surface area contributed by atoms with E-state index < -0.39 is 32.5 Å². The zero-order chi connectivity index (χ0) is 41.4. The number of likely N-dealkylation sites (N-methyl/N-ethyl adjacent to an activating group) is 1. The van der Waals surface area contributed by atoms with Crippen molar-refractivity contribution in [3.05, 3.63) is 72.9 Å². The van der Waals surface area contributed by atoms with Gasteiger partial charge in [0.05, 0.1) is 27.7 Å². The van der Waals surface area contributed by atoms with Crippen LogP contribution in [0.3, 0.4) is 0 Å². The van der Waals surface area contributed by atoms with Gasteiger partial charge in [0.1, 0.15) is 19.8 Å². The van der Waals surface area contributed by atoms with Crippen molar-refractivity contribution >= 4 is 19.8 Å². The summed E-state index contributed by atoms with van der Waals surface area (Å²) in [5.41, 5.74) is 0. The summed E-state index contributed by atoms with van der Waals surface area (Å²) < 4.78 is 34.2. The van der Waals surface area contributed by atoms with Crippen LogP contribution in [0.5, 0.6) is 0 Å². The second kappa shape index (κ2) is 38.0. The summed E-state index contributed by atoms with van der Waals surface area (Å²) in [5, 5.41) is 0. The van der Waals surface area contributed by atoms with Crippen LogP contribution in [0.2, 0.25) is 0 Å². The third kappa shape index (κ3) is 41.1. The summed E-state index contributed by atoms with van der Waals surface area (Å²) in [6.45, 7) is 4.20. The third-order valence-electron chi connectivity index (χ3n) is 8.72. The first-order chi connectivity index (χ1) is 27.0. The number of phosphoric acid groups is 1. The van der Waals surface area contributed by atoms with Crippen molar-refractivity contribution in [2.75, 3.05) is 47.5 Å². The molecular formula is C46H81NO8P+. The Morgan fingerprint density at radius 3 is 1.57 bits per heavy atom. The number of ether oxygens (including phenoxy) is 2. The summed E-state index contributed by atoms with van der Waals surface area (Å²) >= 11 is 0. The van der Waals surface area contributed by atoms with Crippen molar-refractivity contribution in [2.45, 2.75) is 161 Å². The molecule has 0 saturated heterocycles. The molecule has 9 nitrogen and oxygen atoms in total. The zero-order valence-corrected chi connectivity index (χ0v) is 37.0. The molecule has 0 aliphatic rings. The second-order valence-electron chi connectivity index (χ2n) is 15.3. The highest BCUT2D eigenvalue weighted by Gasteiger charge is 2.27. The van der Waals surface area contributed by atoms with Crippen LogP contribution < -0.4 is 0 Å². The molecule has 10 heteroatoms. The molecule has 0 aliphatic carbocycles. The van der Waals surface area contributed by atoms with E-state index >= 15 is 0 Å². The molecule has 2 atom stereocenters. The molecule has 0 aromatic heterocycles. The number of hydrogen-bond acceptors (Lipinski definition) is 7. The van der Waals surface area contributed by atoms with Crippen LogP contribution in [0.4, 0.5) is 0 Å². The second-order valence-corrected chi connectivity index (χ2v) is 16.8. The molecule has 0 aromatic rings. The van der Waals surface area contributed by atoms with Gasteiger partial charge in [0, 0.05) is 12.8 Å². The fourth-order valence-corrected chi connectivity index (χ4v) is 6.08. The highest BCUT2D eigenvalue weighted by atomic mass is 31.2. The number of hydrogen-bond donors (Lipinski definition) is 1. The van der Waals surface area contributed by atoms with Gasteiger partial charge in [0.2, 0.25) is 0 Å². The van der Waals surface area contributed by atoms with E-state index in [0.717, 1.165) is 77.0 Å². The Balaban J connectivity index is 4.50. The SMILES string of the molecule is CC/C=C/C/C=C/C/C=C/CCCCCCCC(=O)OC[C@H](COP(=O)(O)OCC[N+](C)(C)C)OC(=O)CCC/C=C/C/C=C/C/C=C/CCCCCCCC. The minimum absolute atomic E-state index is 0.0160. The van der Waals surface area contributed by atoms with Crippen molar-refractivity contribution in [3.63, 3.8) is 0 Å². The Morgan fingerprint density at radius 1 is 0.571 bits per heavy atom. The van der Waals surface area contributed by atoms with Gasteiger partial charge < -0.3 is 18.9 Å². The van der Waals surface area contributed by atoms with E-state index in [4.69, 9.17) is 18.5 Å². The molecule has 0 amide bonds. The Morgan fingerprint density at radius 2 is 1.04 bits per heavy atom. The monoisotopic (exact) mass is 807 g/mol. The maximum absolute atomic E-state index is 12.7. The summed E-state index contributed by atoms with van der Waals surface area (Å²) in [6.07, 6.45) is 46.7. The molecule has 0 radical (unpaired) electrons. The van der Waals surface area contributed by atoms with Crippen LogP contribution in [-0.4, -0.2) is 74.9 Å². The Bertz CT molecular complexity index is 1180. The Kier molecular flexibility index (Phi) is 36.3. The maximum atomic E-state index is 12.7. The molecule has 0 rings (SSSR count). The average Bonchev–Trinajstić information content (AvgIpc) is 3.15. The molecule has 0 heterocycles. The summed E-state index contributed by atoms with van der Waals surface area (Å²) in [5.74, 6) is -0.887. The smallest absolute Gasteiger partial charge is 0.462 e. The maximum Gasteiger partial charge on any atom is 0.472 e. The minimum atomic E-state index is -4.39. The van der Waals surface area contributed by atoms with Crippen molar-refractivity contribution in [1.82, 2.24) is 0 Å². The molecule has 0 aromatic carbocycles. The quantitative estimate of drug-likeness (QED) is 0.0216. The minimum Gasteiger partial charge on any atom is -0.462 e. The Labute approximate surface area is 342 Å². The van der Waals surface area contributed by atoms with Gasteiger partial charge in [-0.05, 0) is 77.0 Å². The number of quaternary nitrogens is 1. The summed E-state index contributed by atoms with van der Waals surface area (Å²) in [6, 6.07) is 0. The van der Waals surface area contributed by atoms with Crippen LogP contribution in [0.1, 0.15) is 155 Å². The standard InChI is InChI=1S/C46H80NO8P/c1-6-8-10-12-14-16-18-20-22-23-25-27-29-31-33-35-37-39-46(49)55-44(43-54-56(50,51)53-41-40-47(3,4)5)42-52-45(48)38-36-34-32-30-28-26-24-21-19-17-15-13-11-9-7-2/h9,11,15,17,20-22,24-25,27,31,33,44H,6-8,10,12-14,16,18-19,23,26,28-30,32,34-43H2,1-5H3/p+1/b11-9+,17-15+,22-20+,24-21+,27-25+,33-31+/t44-/m1/s1. The summed E-state index contributed by atoms with van der Waals surface area (Å²) in [4.78, 5) is 35.3. The first-order valence-corrected chi connectivity index (χ1v) is 23.2. The van der Waals surface area contributed by atoms with Crippen LogP contribution in [0.25, 0.3) is 0 Å². The van der Waals surface area contributed by atoms with Gasteiger partial charge in [-0.15, -0.1) is 0 Å². The number of carbonyl (C=O) groups excluding carboxylic acids is 2. The third-order valence-corrected chi connectivity index (χ3v) is 9.70. The normalized spacial score (nSPS) is 14.3. The topological polar surface area (TPSA) is 108 Å². The molecule has 322 valence electrons. The average molecular weight is 807 g/mol. The van der Waals surface area contributed by atoms with E-state index in [1.165, 1.54) is 38.5 Å². The van der Waals surface area contributed by atoms with Gasteiger partial charge in [0.25, 0.3) is 0 Å². The summed E-state index contributed by atoms with van der Waals surface area (Å²) in [7, 11) is 1.42. The van der Waals surface area contributed by atoms with E-state index in [2.05, 4.69) is 86.8 Å². The number of allylic oxidation sites excluding steroid dienone is 12. The van der Waals surface area contributed by atoms with Gasteiger partial charge in [-0.2, -0.15) is 0 Å². The molecule has 0 aliphatic heterocycles. The molecule has 1 unspecified atom stereocenters. The van der Waals surface area contributed by atoms with Crippen molar-refractivity contribution < 1.29 is 42.1 Å². The fraction of sp³-hybridized carbons (Fsp3) is 0.696. The van der Waals surface area contributed by atoms with Gasteiger partial charge >= 0.3 is 19.8 Å². The van der Waals surface area contributed by atoms with E-state index in [0.29, 0.717) is 23.9 Å². The van der Waals surface area contributed by atoms with E-state index in [9.17, 15) is 19.0 Å². The van der Waals surface area contributed by atoms with Gasteiger partial charge in [0.15, 0.2) is 6.10 Å². The first-order valence-electron chi connectivity index (χ1n) is 21.7. The lowest BCUT2D eigenvalue weighted by atomic mass is 10.1. The van der Waals surface area contributed by atoms with E-state index in [1.807, 2.05) is 21.1 Å². The zero-order valence-electron chi connectivity index (χ0n) is 36.1. The van der Waals surface area contributed by atoms with Gasteiger partial charge in [-0.25, -0.2) is 4.57 Å². The molecule has 0 bridgehead atoms. The molecule has 1 N–H and O–H groups in total. The lowest BCUT2D eigenvalue weighted by Gasteiger charge is -2.24. The fourth-order valence-electron chi connectivity index (χ4n) is 5.34. The van der Waals surface area contributed by atoms with E-state index in [1.54, 1.807) is 0 Å². The predicted octanol–water partition coefficient (Wildman–Crippen LogP) is 12.2. The molecule has 0 fully saturated rings. The van der Waals surface area contributed by atoms with Crippen LogP contribution >= 0.6 is 7.82 Å². The number of unbranched alkanes of at least 4 members (excludes halogenated alkanes) is 12. The van der Waals surface area contributed by atoms with E-state index in [-0.39, 0.29) is 26.1 Å². The van der Waals surface area contributed by atoms with Crippen LogP contribution in [-0.2, 0) is 32.7 Å². The lowest BCUT2D eigenvalue weighted by Crippen LogP contribution is -2.37. The van der Waals surface area contributed by atoms with Crippen LogP contribution in [0.15, 0.2) is 72.9 Å². The number of phosphoric ester groups is 1. The van der Waals surface area contributed by atoms with Crippen molar-refractivity contribution in [1.29, 1.82) is 0 Å². The number of esters is 2. The van der Waals surface area contributed by atoms with Crippen molar-refractivity contribution in [2.24, 2.45) is 0 Å². The number of carbonyl (C=O) groups is 2. The molecule has 0 spiro atoms. The number of nitrogens with zero attached hydrogens (tertiary/aromatic N) is 1. The largest absolute Gasteiger partial charge is 0.472 e. The molecular weight excluding hydrogens is 725 g/mol. The highest BCUT2D eigenvalue weighted by Crippen LogP contribution is 2.43. The molecule has 0 saturated carbocycles. The van der Waals surface area contributed by atoms with Gasteiger partial charge in [-0.3, -0.25) is 18.6 Å². The highest BCUT2D eigenvalue weighted by molar-refractivity contribution is 7.47. The van der Waals surface area contributed by atoms with Crippen molar-refractivity contribution in [3.8, 4) is 0 Å². The van der Waals surface area contributed by atoms with Gasteiger partial charge in [-0.1, -0.05) is 138 Å². The number of rotatable bonds is 38. The van der Waals surface area contributed by atoms with Crippen LogP contribution in [0, 0.1) is 0 Å². The molecule has 56 heavy (non-hydrogen) atoms. The Hall–Kier alpha value is -2.55.